The third-order valence-electron chi connectivity index (χ3n) is 8.12. The number of nitrogens with zero attached hydrogens (tertiary/aromatic N) is 6. The fourth-order valence-corrected chi connectivity index (χ4v) is 5.25. The van der Waals surface area contributed by atoms with E-state index in [9.17, 15) is 22.8 Å². The van der Waals surface area contributed by atoms with Gasteiger partial charge < -0.3 is 25.8 Å². The molecule has 46 heavy (non-hydrogen) atoms. The summed E-state index contributed by atoms with van der Waals surface area (Å²) in [5.74, 6) is 0.657. The number of benzene rings is 2. The highest BCUT2D eigenvalue weighted by Crippen LogP contribution is 2.31. The van der Waals surface area contributed by atoms with E-state index in [1.165, 1.54) is 18.5 Å². The minimum Gasteiger partial charge on any atom is -0.367 e. The molecule has 14 heteroatoms. The van der Waals surface area contributed by atoms with Crippen molar-refractivity contribution in [2.45, 2.75) is 44.4 Å². The standard InChI is InChI=1S/C32H34F3N9O2/c1-19-7-8-23(39-30(45)20-5-4-6-21(13-20)32(33,34)35)14-25(19)40-29-15-26(31(46)43-12-11-24(17-43)42(2)3)41-44(29)28-16-27(36-18-37-28)38-22-9-10-22/h4-8,13-16,18,22,24,40H,9-12,17H2,1-3H3,(H,39,45)(H,36,37,38). The molecule has 0 bridgehead atoms. The highest BCUT2D eigenvalue weighted by Gasteiger charge is 2.32. The quantitative estimate of drug-likeness (QED) is 0.226. The molecule has 3 heterocycles. The molecular weight excluding hydrogens is 599 g/mol. The first-order valence-electron chi connectivity index (χ1n) is 15.0. The van der Waals surface area contributed by atoms with Crippen molar-refractivity contribution in [2.24, 2.45) is 0 Å². The monoisotopic (exact) mass is 633 g/mol. The number of hydrogen-bond acceptors (Lipinski definition) is 8. The summed E-state index contributed by atoms with van der Waals surface area (Å²) in [5, 5.41) is 14.0. The fraction of sp³-hybridized carbons (Fsp3) is 0.344. The van der Waals surface area contributed by atoms with Gasteiger partial charge in [0.25, 0.3) is 11.8 Å². The molecule has 1 saturated heterocycles. The highest BCUT2D eigenvalue weighted by molar-refractivity contribution is 6.04. The van der Waals surface area contributed by atoms with Gasteiger partial charge in [-0.1, -0.05) is 12.1 Å². The Balaban J connectivity index is 1.29. The van der Waals surface area contributed by atoms with Crippen molar-refractivity contribution in [3.8, 4) is 5.82 Å². The SMILES string of the molecule is Cc1ccc(NC(=O)c2cccc(C(F)(F)F)c2)cc1Nc1cc(C(=O)N2CCC(N(C)C)C2)nn1-c1cc(NC2CC2)ncn1. The summed E-state index contributed by atoms with van der Waals surface area (Å²) >= 11 is 0. The van der Waals surface area contributed by atoms with E-state index in [-0.39, 0.29) is 23.2 Å². The van der Waals surface area contributed by atoms with Gasteiger partial charge in [-0.15, -0.1) is 0 Å². The number of amides is 2. The van der Waals surface area contributed by atoms with Crippen LogP contribution in [0.25, 0.3) is 5.82 Å². The zero-order valence-electron chi connectivity index (χ0n) is 25.6. The summed E-state index contributed by atoms with van der Waals surface area (Å²) in [6.07, 6.45) is -0.136. The molecule has 1 saturated carbocycles. The van der Waals surface area contributed by atoms with Crippen LogP contribution in [-0.2, 0) is 6.18 Å². The van der Waals surface area contributed by atoms with E-state index in [4.69, 9.17) is 0 Å². The van der Waals surface area contributed by atoms with Gasteiger partial charge in [-0.25, -0.2) is 9.97 Å². The molecule has 2 aromatic carbocycles. The molecular formula is C32H34F3N9O2. The van der Waals surface area contributed by atoms with Crippen LogP contribution in [0.1, 0.15) is 51.2 Å². The number of rotatable bonds is 9. The van der Waals surface area contributed by atoms with Crippen LogP contribution in [0.5, 0.6) is 0 Å². The molecule has 2 aliphatic rings. The number of carbonyl (C=O) groups excluding carboxylic acids is 2. The van der Waals surface area contributed by atoms with E-state index in [2.05, 4.69) is 35.9 Å². The van der Waals surface area contributed by atoms with Crippen LogP contribution in [0.15, 0.2) is 60.9 Å². The molecule has 3 N–H and O–H groups in total. The average molecular weight is 634 g/mol. The van der Waals surface area contributed by atoms with Crippen molar-refractivity contribution in [3.05, 3.63) is 83.3 Å². The van der Waals surface area contributed by atoms with Gasteiger partial charge >= 0.3 is 6.18 Å². The number of aryl methyl sites for hydroxylation is 1. The summed E-state index contributed by atoms with van der Waals surface area (Å²) < 4.78 is 41.1. The highest BCUT2D eigenvalue weighted by atomic mass is 19.4. The second-order valence-electron chi connectivity index (χ2n) is 11.9. The molecule has 0 radical (unpaired) electrons. The van der Waals surface area contributed by atoms with Crippen molar-refractivity contribution in [1.82, 2.24) is 29.5 Å². The van der Waals surface area contributed by atoms with Crippen LogP contribution in [0.3, 0.4) is 0 Å². The number of carbonyl (C=O) groups is 2. The fourth-order valence-electron chi connectivity index (χ4n) is 5.25. The molecule has 4 aromatic rings. The number of hydrogen-bond donors (Lipinski definition) is 3. The lowest BCUT2D eigenvalue weighted by molar-refractivity contribution is -0.137. The Morgan fingerprint density at radius 3 is 2.52 bits per heavy atom. The lowest BCUT2D eigenvalue weighted by Crippen LogP contribution is -2.34. The summed E-state index contributed by atoms with van der Waals surface area (Å²) in [4.78, 5) is 39.1. The molecule has 240 valence electrons. The van der Waals surface area contributed by atoms with Crippen molar-refractivity contribution in [3.63, 3.8) is 0 Å². The maximum Gasteiger partial charge on any atom is 0.416 e. The van der Waals surface area contributed by atoms with E-state index >= 15 is 0 Å². The van der Waals surface area contributed by atoms with Gasteiger partial charge in [-0.3, -0.25) is 9.59 Å². The van der Waals surface area contributed by atoms with Crippen LogP contribution in [0.2, 0.25) is 0 Å². The van der Waals surface area contributed by atoms with Gasteiger partial charge in [-0.05, 0) is 76.2 Å². The van der Waals surface area contributed by atoms with Crippen molar-refractivity contribution < 1.29 is 22.8 Å². The Bertz CT molecular complexity index is 1770. The van der Waals surface area contributed by atoms with Gasteiger partial charge in [0.05, 0.1) is 5.56 Å². The molecule has 1 aliphatic carbocycles. The van der Waals surface area contributed by atoms with Gasteiger partial charge in [0.15, 0.2) is 11.5 Å². The Kier molecular flexibility index (Phi) is 8.38. The van der Waals surface area contributed by atoms with Gasteiger partial charge in [0, 0.05) is 54.2 Å². The van der Waals surface area contributed by atoms with Gasteiger partial charge in [-0.2, -0.15) is 23.0 Å². The molecule has 2 aromatic heterocycles. The summed E-state index contributed by atoms with van der Waals surface area (Å²) in [6, 6.07) is 13.4. The van der Waals surface area contributed by atoms with Crippen molar-refractivity contribution >= 4 is 34.8 Å². The Morgan fingerprint density at radius 1 is 1.00 bits per heavy atom. The zero-order chi connectivity index (χ0) is 32.6. The second kappa shape index (κ2) is 12.4. The predicted octanol–water partition coefficient (Wildman–Crippen LogP) is 5.34. The maximum atomic E-state index is 13.6. The number of anilines is 4. The first-order valence-corrected chi connectivity index (χ1v) is 15.0. The molecule has 2 fully saturated rings. The number of halogens is 3. The minimum atomic E-state index is -4.57. The number of likely N-dealkylation sites (N-methyl/N-ethyl adjacent to an activating group) is 1. The smallest absolute Gasteiger partial charge is 0.367 e. The molecule has 1 atom stereocenters. The number of aromatic nitrogens is 4. The van der Waals surface area contributed by atoms with Crippen LogP contribution in [0.4, 0.5) is 36.2 Å². The summed E-state index contributed by atoms with van der Waals surface area (Å²) in [7, 11) is 3.99. The number of nitrogens with one attached hydrogen (secondary N) is 3. The molecule has 6 rings (SSSR count). The first-order chi connectivity index (χ1) is 21.9. The predicted molar refractivity (Wildman–Crippen MR) is 168 cm³/mol. The third-order valence-corrected chi connectivity index (χ3v) is 8.12. The summed E-state index contributed by atoms with van der Waals surface area (Å²) in [6.45, 7) is 3.08. The Morgan fingerprint density at radius 2 is 1.80 bits per heavy atom. The molecule has 1 aliphatic heterocycles. The van der Waals surface area contributed by atoms with Crippen LogP contribution in [-0.4, -0.2) is 80.6 Å². The average Bonchev–Trinajstić information content (AvgIpc) is 3.52. The largest absolute Gasteiger partial charge is 0.416 e. The maximum absolute atomic E-state index is 13.6. The lowest BCUT2D eigenvalue weighted by Gasteiger charge is -2.19. The molecule has 2 amide bonds. The first kappa shape index (κ1) is 31.0. The third kappa shape index (κ3) is 6.96. The van der Waals surface area contributed by atoms with Gasteiger partial charge in [0.2, 0.25) is 0 Å². The Hall–Kier alpha value is -4.98. The molecule has 1 unspecified atom stereocenters. The van der Waals surface area contributed by atoms with E-state index in [0.29, 0.717) is 48.0 Å². The van der Waals surface area contributed by atoms with Crippen molar-refractivity contribution in [1.29, 1.82) is 0 Å². The minimum absolute atomic E-state index is 0.121. The molecule has 0 spiro atoms. The lowest BCUT2D eigenvalue weighted by atomic mass is 10.1. The van der Waals surface area contributed by atoms with Crippen LogP contribution >= 0.6 is 0 Å². The number of alkyl halides is 3. The van der Waals surface area contributed by atoms with E-state index in [1.807, 2.05) is 21.0 Å². The Labute approximate surface area is 263 Å². The van der Waals surface area contributed by atoms with Gasteiger partial charge in [0.1, 0.15) is 18.0 Å². The topological polar surface area (TPSA) is 120 Å². The second-order valence-corrected chi connectivity index (χ2v) is 11.9. The van der Waals surface area contributed by atoms with E-state index in [1.54, 1.807) is 39.9 Å². The van der Waals surface area contributed by atoms with E-state index < -0.39 is 17.6 Å². The van der Waals surface area contributed by atoms with E-state index in [0.717, 1.165) is 37.0 Å². The number of likely N-dealkylation sites (tertiary alicyclic amines) is 1. The zero-order valence-corrected chi connectivity index (χ0v) is 25.6. The van der Waals surface area contributed by atoms with Crippen molar-refractivity contribution in [2.75, 3.05) is 43.1 Å². The summed E-state index contributed by atoms with van der Waals surface area (Å²) in [5.41, 5.74) is 0.970. The van der Waals surface area contributed by atoms with Crippen LogP contribution in [0, 0.1) is 6.92 Å². The normalized spacial score (nSPS) is 16.5. The van der Waals surface area contributed by atoms with Crippen LogP contribution < -0.4 is 16.0 Å². The molecule has 11 nitrogen and oxygen atoms in total.